The molecule has 6 heteroatoms. The monoisotopic (exact) mass is 299 g/mol. The molecule has 0 atom stereocenters. The Morgan fingerprint density at radius 1 is 1.23 bits per heavy atom. The van der Waals surface area contributed by atoms with Gasteiger partial charge in [-0.25, -0.2) is 14.2 Å². The van der Waals surface area contributed by atoms with Crippen LogP contribution in [0, 0.1) is 6.92 Å². The van der Waals surface area contributed by atoms with Crippen molar-refractivity contribution in [3.05, 3.63) is 42.0 Å². The van der Waals surface area contributed by atoms with E-state index in [1.165, 1.54) is 5.56 Å². The second kappa shape index (κ2) is 6.17. The van der Waals surface area contributed by atoms with E-state index in [1.807, 2.05) is 36.3 Å². The lowest BCUT2D eigenvalue weighted by Gasteiger charge is -2.16. The van der Waals surface area contributed by atoms with Gasteiger partial charge in [-0.3, -0.25) is 0 Å². The van der Waals surface area contributed by atoms with E-state index in [0.717, 1.165) is 36.7 Å². The van der Waals surface area contributed by atoms with E-state index in [0.29, 0.717) is 5.92 Å². The molecule has 22 heavy (non-hydrogen) atoms. The second-order valence-corrected chi connectivity index (χ2v) is 5.75. The summed E-state index contributed by atoms with van der Waals surface area (Å²) >= 11 is 0. The lowest BCUT2D eigenvalue weighted by molar-refractivity contribution is 0.227. The number of nitrogens with zero attached hydrogens (tertiary/aromatic N) is 5. The maximum Gasteiger partial charge on any atom is 0.215 e. The molecule has 0 saturated heterocycles. The summed E-state index contributed by atoms with van der Waals surface area (Å²) in [4.78, 5) is 4.14. The van der Waals surface area contributed by atoms with Gasteiger partial charge in [0.1, 0.15) is 0 Å². The Labute approximate surface area is 129 Å². The zero-order chi connectivity index (χ0) is 15.5. The van der Waals surface area contributed by atoms with Crippen LogP contribution in [0.4, 0.5) is 0 Å². The minimum atomic E-state index is 0.506. The van der Waals surface area contributed by atoms with Gasteiger partial charge in [-0.2, -0.15) is 10.2 Å². The molecule has 4 rings (SSSR count). The summed E-state index contributed by atoms with van der Waals surface area (Å²) in [6, 6.07) is 1.87. The fourth-order valence-corrected chi connectivity index (χ4v) is 2.39. The van der Waals surface area contributed by atoms with E-state index < -0.39 is 0 Å². The van der Waals surface area contributed by atoms with Crippen molar-refractivity contribution in [1.29, 1.82) is 0 Å². The Kier molecular flexibility index (Phi) is 4.09. The summed E-state index contributed by atoms with van der Waals surface area (Å²) in [6.45, 7) is 8.16. The molecule has 1 aliphatic rings. The smallest absolute Gasteiger partial charge is 0.215 e. The molecule has 1 aliphatic heterocycles. The molecule has 3 aromatic heterocycles. The van der Waals surface area contributed by atoms with E-state index in [4.69, 9.17) is 4.74 Å². The third kappa shape index (κ3) is 2.95. The van der Waals surface area contributed by atoms with Gasteiger partial charge in [0.05, 0.1) is 19.0 Å². The van der Waals surface area contributed by atoms with Gasteiger partial charge in [0.25, 0.3) is 0 Å². The van der Waals surface area contributed by atoms with Crippen molar-refractivity contribution in [2.75, 3.05) is 6.61 Å². The summed E-state index contributed by atoms with van der Waals surface area (Å²) < 4.78 is 9.27. The normalized spacial score (nSPS) is 13.5. The molecule has 6 nitrogen and oxygen atoms in total. The third-order valence-electron chi connectivity index (χ3n) is 3.57. The summed E-state index contributed by atoms with van der Waals surface area (Å²) in [7, 11) is 0. The Morgan fingerprint density at radius 2 is 2.09 bits per heavy atom. The molecular formula is C16H21N5O. The van der Waals surface area contributed by atoms with E-state index in [-0.39, 0.29) is 0 Å². The average Bonchev–Trinajstić information content (AvgIpc) is 3.13. The minimum absolute atomic E-state index is 0.506. The predicted molar refractivity (Wildman–Crippen MR) is 84.2 cm³/mol. The number of fused-ring (bicyclic) bond motifs is 2. The number of rotatable bonds is 1. The van der Waals surface area contributed by atoms with Gasteiger partial charge in [-0.1, -0.05) is 13.8 Å². The van der Waals surface area contributed by atoms with Crippen LogP contribution >= 0.6 is 0 Å². The van der Waals surface area contributed by atoms with Crippen molar-refractivity contribution in [2.45, 2.75) is 39.7 Å². The van der Waals surface area contributed by atoms with Crippen LogP contribution in [0.15, 0.2) is 30.9 Å². The van der Waals surface area contributed by atoms with Gasteiger partial charge in [-0.15, -0.1) is 0 Å². The van der Waals surface area contributed by atoms with Crippen LogP contribution in [0.1, 0.15) is 37.3 Å². The number of hydrogen-bond donors (Lipinski definition) is 0. The van der Waals surface area contributed by atoms with Crippen LogP contribution in [-0.4, -0.2) is 31.0 Å². The Morgan fingerprint density at radius 3 is 2.91 bits per heavy atom. The van der Waals surface area contributed by atoms with Crippen molar-refractivity contribution in [2.24, 2.45) is 0 Å². The lowest BCUT2D eigenvalue weighted by Crippen LogP contribution is -2.15. The molecule has 0 spiro atoms. The topological polar surface area (TPSA) is 57.2 Å². The molecule has 0 aromatic carbocycles. The molecule has 0 N–H and O–H groups in total. The highest BCUT2D eigenvalue weighted by molar-refractivity contribution is 5.35. The van der Waals surface area contributed by atoms with E-state index in [1.54, 1.807) is 10.7 Å². The van der Waals surface area contributed by atoms with E-state index in [2.05, 4.69) is 29.0 Å². The van der Waals surface area contributed by atoms with E-state index >= 15 is 0 Å². The van der Waals surface area contributed by atoms with Crippen LogP contribution in [-0.2, 0) is 6.54 Å². The Hall–Kier alpha value is -2.37. The maximum atomic E-state index is 5.56. The van der Waals surface area contributed by atoms with Crippen LogP contribution in [0.5, 0.6) is 5.88 Å². The highest BCUT2D eigenvalue weighted by Crippen LogP contribution is 2.28. The van der Waals surface area contributed by atoms with Gasteiger partial charge < -0.3 is 4.74 Å². The van der Waals surface area contributed by atoms with Gasteiger partial charge in [0.15, 0.2) is 5.65 Å². The summed E-state index contributed by atoms with van der Waals surface area (Å²) in [5.41, 5.74) is 3.25. The molecule has 0 fully saturated rings. The maximum absolute atomic E-state index is 5.56. The van der Waals surface area contributed by atoms with E-state index in [9.17, 15) is 0 Å². The molecule has 4 heterocycles. The zero-order valence-electron chi connectivity index (χ0n) is 13.2. The molecule has 0 saturated carbocycles. The highest BCUT2D eigenvalue weighted by atomic mass is 16.5. The first-order chi connectivity index (χ1) is 10.6. The Bertz CT molecular complexity index is 759. The quantitative estimate of drug-likeness (QED) is 0.693. The molecule has 0 unspecified atom stereocenters. The number of aryl methyl sites for hydroxylation is 2. The molecule has 0 bridgehead atoms. The van der Waals surface area contributed by atoms with Gasteiger partial charge in [0, 0.05) is 37.0 Å². The summed E-state index contributed by atoms with van der Waals surface area (Å²) in [5, 5.41) is 8.30. The number of ether oxygens (including phenoxy) is 1. The molecule has 116 valence electrons. The average molecular weight is 299 g/mol. The molecule has 0 radical (unpaired) electrons. The van der Waals surface area contributed by atoms with Gasteiger partial charge >= 0.3 is 0 Å². The molecular weight excluding hydrogens is 278 g/mol. The molecule has 0 amide bonds. The van der Waals surface area contributed by atoms with Crippen molar-refractivity contribution in [3.63, 3.8) is 0 Å². The van der Waals surface area contributed by atoms with Crippen molar-refractivity contribution >= 4 is 5.65 Å². The highest BCUT2D eigenvalue weighted by Gasteiger charge is 2.17. The summed E-state index contributed by atoms with van der Waals surface area (Å²) in [6.07, 6.45) is 8.51. The van der Waals surface area contributed by atoms with Crippen LogP contribution in [0.25, 0.3) is 5.65 Å². The van der Waals surface area contributed by atoms with Crippen LogP contribution in [0.2, 0.25) is 0 Å². The van der Waals surface area contributed by atoms with Crippen molar-refractivity contribution in [3.8, 4) is 5.88 Å². The van der Waals surface area contributed by atoms with Gasteiger partial charge in [0.2, 0.25) is 5.88 Å². The second-order valence-electron chi connectivity index (χ2n) is 5.75. The van der Waals surface area contributed by atoms with Gasteiger partial charge in [-0.05, 0) is 18.4 Å². The first kappa shape index (κ1) is 14.6. The molecule has 0 aliphatic carbocycles. The fraction of sp³-hybridized carbons (Fsp3) is 0.438. The minimum Gasteiger partial charge on any atom is -0.478 e. The number of aromatic nitrogens is 5. The summed E-state index contributed by atoms with van der Waals surface area (Å²) in [5.74, 6) is 1.49. The first-order valence-electron chi connectivity index (χ1n) is 7.59. The largest absolute Gasteiger partial charge is 0.478 e. The predicted octanol–water partition coefficient (Wildman–Crippen LogP) is 2.83. The SMILES string of the molecule is CC(C)c1cnn2c1OCCC2.Cc1cnc2ccnn2c1. The molecule has 3 aromatic rings. The van der Waals surface area contributed by atoms with Crippen LogP contribution in [0.3, 0.4) is 0 Å². The Balaban J connectivity index is 0.000000133. The first-order valence-corrected chi connectivity index (χ1v) is 7.59. The lowest BCUT2D eigenvalue weighted by atomic mass is 10.1. The van der Waals surface area contributed by atoms with Crippen molar-refractivity contribution in [1.82, 2.24) is 24.4 Å². The fourth-order valence-electron chi connectivity index (χ4n) is 2.39. The van der Waals surface area contributed by atoms with Crippen molar-refractivity contribution < 1.29 is 4.74 Å². The standard InChI is InChI=1S/C9H14N2O.C7H7N3/c1-7(2)8-6-10-11-4-3-5-12-9(8)11;1-6-4-8-7-2-3-9-10(7)5-6/h6-7H,3-5H2,1-2H3;2-5H,1H3. The van der Waals surface area contributed by atoms with Crippen LogP contribution < -0.4 is 4.74 Å². The number of hydrogen-bond acceptors (Lipinski definition) is 4. The third-order valence-corrected chi connectivity index (χ3v) is 3.57. The zero-order valence-corrected chi connectivity index (χ0v) is 13.2.